The normalized spacial score (nSPS) is 17.6. The van der Waals surface area contributed by atoms with Crippen molar-refractivity contribution in [1.29, 1.82) is 0 Å². The zero-order valence-electron chi connectivity index (χ0n) is 36.3. The summed E-state index contributed by atoms with van der Waals surface area (Å²) in [5.41, 5.74) is 6.45. The number of nitrogens with one attached hydrogen (secondary N) is 2. The Morgan fingerprint density at radius 2 is 1.77 bits per heavy atom. The molecule has 14 nitrogen and oxygen atoms in total. The fourth-order valence-electron chi connectivity index (χ4n) is 9.06. The van der Waals surface area contributed by atoms with Crippen LogP contribution < -0.4 is 23.8 Å². The number of pyridine rings is 1. The Kier molecular flexibility index (Phi) is 12.0. The number of nitro benzene ring substituents is 1. The molecule has 1 saturated heterocycles. The number of aromatic nitrogens is 2. The third-order valence-corrected chi connectivity index (χ3v) is 14.3. The predicted octanol–water partition coefficient (Wildman–Crippen LogP) is 9.55. The molecule has 16 heteroatoms. The van der Waals surface area contributed by atoms with E-state index in [0.29, 0.717) is 30.2 Å². The summed E-state index contributed by atoms with van der Waals surface area (Å²) in [6.07, 6.45) is 6.70. The van der Waals surface area contributed by atoms with Crippen molar-refractivity contribution in [1.82, 2.24) is 19.6 Å². The van der Waals surface area contributed by atoms with E-state index in [0.717, 1.165) is 66.6 Å². The first-order valence-corrected chi connectivity index (χ1v) is 23.4. The zero-order valence-corrected chi connectivity index (χ0v) is 37.9. The Morgan fingerprint density at radius 1 is 1.00 bits per heavy atom. The van der Waals surface area contributed by atoms with Crippen LogP contribution in [0, 0.1) is 15.5 Å². The third-order valence-electron chi connectivity index (χ3n) is 12.7. The molecule has 4 aromatic carbocycles. The van der Waals surface area contributed by atoms with Crippen LogP contribution in [0.5, 0.6) is 23.0 Å². The number of rotatable bonds is 12. The lowest BCUT2D eigenvalue weighted by atomic mass is 9.72. The van der Waals surface area contributed by atoms with Crippen LogP contribution >= 0.6 is 11.6 Å². The maximum absolute atomic E-state index is 14.1. The number of amides is 1. The van der Waals surface area contributed by atoms with Crippen LogP contribution in [0.3, 0.4) is 0 Å². The summed E-state index contributed by atoms with van der Waals surface area (Å²) in [7, 11) is -3.09. The maximum Gasteiger partial charge on any atom is 0.277 e. The van der Waals surface area contributed by atoms with Crippen molar-refractivity contribution in [3.05, 3.63) is 146 Å². The Hall–Kier alpha value is -6.42. The van der Waals surface area contributed by atoms with Gasteiger partial charge in [-0.05, 0) is 96.3 Å². The molecule has 2 aliphatic heterocycles. The largest absolute Gasteiger partial charge is 0.497 e. The van der Waals surface area contributed by atoms with Crippen molar-refractivity contribution in [2.75, 3.05) is 51.3 Å². The number of aromatic amines is 1. The number of sulfonamides is 1. The van der Waals surface area contributed by atoms with Gasteiger partial charge in [-0.25, -0.2) is 18.1 Å². The number of hydrogen-bond acceptors (Lipinski definition) is 11. The predicted molar refractivity (Wildman–Crippen MR) is 250 cm³/mol. The molecular formula is C49H49ClN6O8S. The monoisotopic (exact) mass is 916 g/mol. The lowest BCUT2D eigenvalue weighted by molar-refractivity contribution is -0.386. The van der Waals surface area contributed by atoms with Gasteiger partial charge in [-0.3, -0.25) is 19.8 Å². The lowest BCUT2D eigenvalue weighted by Gasteiger charge is -2.39. The molecule has 2 aromatic heterocycles. The standard InChI is InChI=1S/C49H49ClN6O8S/c1-49(2)16-14-34(43(27-49)32-4-8-36(50)9-5-32)29-54-18-20-55(21-19-54)37-10-13-41(46(24-37)64-39-22-33-15-17-51-47(33)52-28-39)48(57)53-65(60,61)40-25-44(56(58)59)42-23-35(30-63-45(42)26-40)31-6-11-38(62-3)12-7-31/h4-13,15,17,22,24-26,28,35H,14,16,18-21,23,27,29-30H2,1-3H3,(H,51,52)(H,53,57)/t35-/m1/s1. The number of halogens is 1. The molecule has 0 radical (unpaired) electrons. The number of ether oxygens (including phenoxy) is 3. The van der Waals surface area contributed by atoms with Crippen LogP contribution in [0.1, 0.15) is 66.1 Å². The minimum absolute atomic E-state index is 0.0574. The van der Waals surface area contributed by atoms with Gasteiger partial charge in [0.05, 0.1) is 40.9 Å². The molecular weight excluding hydrogens is 868 g/mol. The molecule has 1 fully saturated rings. The first-order chi connectivity index (χ1) is 31.2. The van der Waals surface area contributed by atoms with E-state index < -0.39 is 31.4 Å². The molecule has 0 unspecified atom stereocenters. The topological polar surface area (TPSA) is 169 Å². The number of H-pyrrole nitrogens is 1. The maximum atomic E-state index is 14.1. The van der Waals surface area contributed by atoms with E-state index in [4.69, 9.17) is 25.8 Å². The smallest absolute Gasteiger partial charge is 0.277 e. The summed E-state index contributed by atoms with van der Waals surface area (Å²) in [5.74, 6) is -0.000467. The molecule has 2 N–H and O–H groups in total. The number of nitrogens with zero attached hydrogens (tertiary/aromatic N) is 4. The van der Waals surface area contributed by atoms with Gasteiger partial charge >= 0.3 is 0 Å². The first-order valence-electron chi connectivity index (χ1n) is 21.6. The third kappa shape index (κ3) is 9.54. The highest BCUT2D eigenvalue weighted by Crippen LogP contribution is 2.44. The number of allylic oxidation sites excluding steroid dienone is 1. The van der Waals surface area contributed by atoms with Crippen molar-refractivity contribution >= 4 is 55.5 Å². The number of fused-ring (bicyclic) bond motifs is 2. The highest BCUT2D eigenvalue weighted by molar-refractivity contribution is 7.90. The fourth-order valence-corrected chi connectivity index (χ4v) is 10.2. The minimum atomic E-state index is -4.66. The van der Waals surface area contributed by atoms with Crippen LogP contribution in [-0.2, 0) is 16.4 Å². The first kappa shape index (κ1) is 43.8. The van der Waals surface area contributed by atoms with Crippen LogP contribution in [0.2, 0.25) is 5.02 Å². The van der Waals surface area contributed by atoms with Crippen LogP contribution in [-0.4, -0.2) is 80.6 Å². The lowest BCUT2D eigenvalue weighted by Crippen LogP contribution is -2.47. The SMILES string of the molecule is COc1ccc([C@H]2COc3cc(S(=O)(=O)NC(=O)c4ccc(N5CCN(CC6=C(c7ccc(Cl)cc7)CC(C)(C)CC6)CC5)cc4Oc4cnc5[nH]ccc5c4)cc([N+](=O)[O-])c3C2)cc1. The summed E-state index contributed by atoms with van der Waals surface area (Å²) >= 11 is 6.25. The number of hydrogen-bond donors (Lipinski definition) is 2. The van der Waals surface area contributed by atoms with E-state index >= 15 is 0 Å². The van der Waals surface area contributed by atoms with Gasteiger partial charge in [-0.15, -0.1) is 0 Å². The minimum Gasteiger partial charge on any atom is -0.497 e. The van der Waals surface area contributed by atoms with Gasteiger partial charge < -0.3 is 24.1 Å². The van der Waals surface area contributed by atoms with Crippen LogP contribution in [0.15, 0.2) is 114 Å². The second-order valence-electron chi connectivity index (χ2n) is 17.7. The van der Waals surface area contributed by atoms with Crippen molar-refractivity contribution in [2.45, 2.75) is 50.3 Å². The molecule has 1 aliphatic carbocycles. The summed E-state index contributed by atoms with van der Waals surface area (Å²) in [6.45, 7) is 8.75. The van der Waals surface area contributed by atoms with Gasteiger partial charge in [0.1, 0.15) is 28.6 Å². The summed E-state index contributed by atoms with van der Waals surface area (Å²) < 4.78 is 47.6. The van der Waals surface area contributed by atoms with E-state index in [1.54, 1.807) is 43.6 Å². The molecule has 4 heterocycles. The molecule has 65 heavy (non-hydrogen) atoms. The number of nitro groups is 1. The molecule has 0 spiro atoms. The van der Waals surface area contributed by atoms with Gasteiger partial charge in [0.2, 0.25) is 0 Å². The Balaban J connectivity index is 0.950. The van der Waals surface area contributed by atoms with E-state index in [2.05, 4.69) is 50.5 Å². The molecule has 0 saturated carbocycles. The van der Waals surface area contributed by atoms with Gasteiger partial charge in [-0.1, -0.05) is 55.3 Å². The Labute approximate surface area is 382 Å². The molecule has 1 amide bonds. The van der Waals surface area contributed by atoms with Gasteiger partial charge in [0.25, 0.3) is 21.6 Å². The second kappa shape index (κ2) is 17.9. The van der Waals surface area contributed by atoms with Gasteiger partial charge in [0, 0.05) is 79.1 Å². The molecule has 0 bridgehead atoms. The van der Waals surface area contributed by atoms with Crippen molar-refractivity contribution in [2.24, 2.45) is 5.41 Å². The van der Waals surface area contributed by atoms with E-state index in [1.807, 2.05) is 30.3 Å². The van der Waals surface area contributed by atoms with Crippen molar-refractivity contribution < 1.29 is 32.3 Å². The van der Waals surface area contributed by atoms with E-state index in [-0.39, 0.29) is 47.0 Å². The van der Waals surface area contributed by atoms with Gasteiger partial charge in [0.15, 0.2) is 0 Å². The number of carbonyl (C=O) groups is 1. The zero-order chi connectivity index (χ0) is 45.5. The van der Waals surface area contributed by atoms with Gasteiger partial charge in [-0.2, -0.15) is 0 Å². The summed E-state index contributed by atoms with van der Waals surface area (Å²) in [5, 5.41) is 13.9. The number of piperazine rings is 1. The number of methoxy groups -OCH3 is 1. The summed E-state index contributed by atoms with van der Waals surface area (Å²) in [6, 6.07) is 26.4. The van der Waals surface area contributed by atoms with E-state index in [1.165, 1.54) is 35.0 Å². The highest BCUT2D eigenvalue weighted by Gasteiger charge is 2.34. The van der Waals surface area contributed by atoms with Crippen LogP contribution in [0.25, 0.3) is 16.6 Å². The molecule has 336 valence electrons. The summed E-state index contributed by atoms with van der Waals surface area (Å²) in [4.78, 5) is 37.5. The Bertz CT molecular complexity index is 2930. The fraction of sp³-hybridized carbons (Fsp3) is 0.306. The average Bonchev–Trinajstić information content (AvgIpc) is 3.77. The van der Waals surface area contributed by atoms with Crippen molar-refractivity contribution in [3.8, 4) is 23.0 Å². The molecule has 6 aromatic rings. The molecule has 9 rings (SSSR count). The van der Waals surface area contributed by atoms with E-state index in [9.17, 15) is 23.3 Å². The highest BCUT2D eigenvalue weighted by atomic mass is 35.5. The quantitative estimate of drug-likeness (QED) is 0.0886. The van der Waals surface area contributed by atoms with Crippen molar-refractivity contribution in [3.63, 3.8) is 0 Å². The number of carbonyl (C=O) groups excluding carboxylic acids is 1. The van der Waals surface area contributed by atoms with Crippen LogP contribution in [0.4, 0.5) is 11.4 Å². The molecule has 1 atom stereocenters. The second-order valence-corrected chi connectivity index (χ2v) is 19.8. The number of benzene rings is 4. The number of anilines is 1. The Morgan fingerprint density at radius 3 is 2.51 bits per heavy atom. The molecule has 3 aliphatic rings. The average molecular weight is 917 g/mol.